The molecule has 2 aromatic heterocycles. The summed E-state index contributed by atoms with van der Waals surface area (Å²) < 4.78 is 0. The van der Waals surface area contributed by atoms with Gasteiger partial charge in [-0.15, -0.1) is 21.5 Å². The van der Waals surface area contributed by atoms with Gasteiger partial charge in [0.25, 0.3) is 0 Å². The van der Waals surface area contributed by atoms with E-state index in [-0.39, 0.29) is 0 Å². The zero-order chi connectivity index (χ0) is 13.9. The van der Waals surface area contributed by atoms with E-state index < -0.39 is 0 Å². The summed E-state index contributed by atoms with van der Waals surface area (Å²) in [5, 5.41) is 10.9. The molecule has 0 aromatic carbocycles. The maximum absolute atomic E-state index is 5.72. The molecule has 3 rings (SSSR count). The van der Waals surface area contributed by atoms with Crippen LogP contribution in [-0.4, -0.2) is 15.2 Å². The van der Waals surface area contributed by atoms with E-state index in [9.17, 15) is 0 Å². The second kappa shape index (κ2) is 6.18. The minimum Gasteiger partial charge on any atom is -0.374 e. The fourth-order valence-electron chi connectivity index (χ4n) is 2.79. The number of nitrogens with two attached hydrogens (primary N) is 1. The van der Waals surface area contributed by atoms with E-state index in [1.54, 1.807) is 0 Å². The highest BCUT2D eigenvalue weighted by Crippen LogP contribution is 2.40. The third-order valence-corrected chi connectivity index (χ3v) is 5.96. The Labute approximate surface area is 127 Å². The van der Waals surface area contributed by atoms with Crippen LogP contribution < -0.4 is 5.73 Å². The molecule has 2 N–H and O–H groups in total. The summed E-state index contributed by atoms with van der Waals surface area (Å²) in [6.45, 7) is 2.19. The van der Waals surface area contributed by atoms with Crippen molar-refractivity contribution in [2.24, 2.45) is 0 Å². The first kappa shape index (κ1) is 13.9. The number of aromatic nitrogens is 3. The van der Waals surface area contributed by atoms with Crippen LogP contribution in [0.2, 0.25) is 0 Å². The molecule has 0 atom stereocenters. The van der Waals surface area contributed by atoms with Gasteiger partial charge in [-0.25, -0.2) is 4.98 Å². The van der Waals surface area contributed by atoms with Gasteiger partial charge in [0.1, 0.15) is 0 Å². The number of hydrogen-bond acceptors (Lipinski definition) is 6. The van der Waals surface area contributed by atoms with Crippen LogP contribution in [0, 0.1) is 0 Å². The SMILES string of the molecule is CCCc1nc(C2CCCCC2)sc1-c1nnc(N)s1. The van der Waals surface area contributed by atoms with Gasteiger partial charge in [-0.3, -0.25) is 0 Å². The predicted molar refractivity (Wildman–Crippen MR) is 85.3 cm³/mol. The molecule has 0 unspecified atom stereocenters. The van der Waals surface area contributed by atoms with Gasteiger partial charge in [0, 0.05) is 5.92 Å². The molecular weight excluding hydrogens is 288 g/mol. The molecule has 2 aromatic rings. The summed E-state index contributed by atoms with van der Waals surface area (Å²) in [5.41, 5.74) is 6.91. The summed E-state index contributed by atoms with van der Waals surface area (Å²) in [7, 11) is 0. The van der Waals surface area contributed by atoms with Crippen molar-refractivity contribution in [2.45, 2.75) is 57.8 Å². The molecular formula is C14H20N4S2. The van der Waals surface area contributed by atoms with Crippen LogP contribution in [0.5, 0.6) is 0 Å². The lowest BCUT2D eigenvalue weighted by Crippen LogP contribution is -2.04. The lowest BCUT2D eigenvalue weighted by Gasteiger charge is -2.18. The van der Waals surface area contributed by atoms with Crippen molar-refractivity contribution in [1.29, 1.82) is 0 Å². The fourth-order valence-corrected chi connectivity index (χ4v) is 4.78. The third kappa shape index (κ3) is 2.86. The normalized spacial score (nSPS) is 16.6. The van der Waals surface area contributed by atoms with Crippen LogP contribution in [0.15, 0.2) is 0 Å². The van der Waals surface area contributed by atoms with Crippen LogP contribution >= 0.6 is 22.7 Å². The quantitative estimate of drug-likeness (QED) is 0.917. The lowest BCUT2D eigenvalue weighted by molar-refractivity contribution is 0.442. The van der Waals surface area contributed by atoms with Crippen molar-refractivity contribution < 1.29 is 0 Å². The molecule has 1 aliphatic rings. The molecule has 20 heavy (non-hydrogen) atoms. The Bertz CT molecular complexity index is 569. The van der Waals surface area contributed by atoms with Gasteiger partial charge in [0.05, 0.1) is 15.6 Å². The molecule has 0 amide bonds. The van der Waals surface area contributed by atoms with Crippen LogP contribution in [0.25, 0.3) is 9.88 Å². The summed E-state index contributed by atoms with van der Waals surface area (Å²) in [5.74, 6) is 0.656. The summed E-state index contributed by atoms with van der Waals surface area (Å²) in [4.78, 5) is 6.12. The number of hydrogen-bond donors (Lipinski definition) is 1. The van der Waals surface area contributed by atoms with Gasteiger partial charge < -0.3 is 5.73 Å². The zero-order valence-corrected chi connectivity index (χ0v) is 13.4. The molecule has 2 heterocycles. The Hall–Kier alpha value is -1.01. The first-order chi connectivity index (χ1) is 9.78. The third-order valence-electron chi connectivity index (χ3n) is 3.79. The number of nitrogens with zero attached hydrogens (tertiary/aromatic N) is 3. The molecule has 0 bridgehead atoms. The molecule has 108 valence electrons. The molecule has 0 saturated heterocycles. The number of aryl methyl sites for hydroxylation is 1. The van der Waals surface area contributed by atoms with Gasteiger partial charge in [-0.2, -0.15) is 0 Å². The largest absolute Gasteiger partial charge is 0.374 e. The van der Waals surface area contributed by atoms with Crippen LogP contribution in [-0.2, 0) is 6.42 Å². The minimum atomic E-state index is 0.537. The molecule has 4 nitrogen and oxygen atoms in total. The average Bonchev–Trinajstić information content (AvgIpc) is 3.07. The topological polar surface area (TPSA) is 64.7 Å². The van der Waals surface area contributed by atoms with Crippen LogP contribution in [0.4, 0.5) is 5.13 Å². The standard InChI is InChI=1S/C14H20N4S2/c1-2-6-10-11(13-17-18-14(15)20-13)19-12(16-10)9-7-4-3-5-8-9/h9H,2-8H2,1H3,(H2,15,18). The van der Waals surface area contributed by atoms with Gasteiger partial charge in [0.15, 0.2) is 5.01 Å². The second-order valence-corrected chi connectivity index (χ2v) is 7.40. The Kier molecular flexibility index (Phi) is 4.31. The average molecular weight is 308 g/mol. The van der Waals surface area contributed by atoms with Crippen molar-refractivity contribution in [2.75, 3.05) is 5.73 Å². The molecule has 1 aliphatic carbocycles. The van der Waals surface area contributed by atoms with Crippen LogP contribution in [0.1, 0.15) is 62.1 Å². The summed E-state index contributed by atoms with van der Waals surface area (Å²) in [6, 6.07) is 0. The Morgan fingerprint density at radius 3 is 2.60 bits per heavy atom. The van der Waals surface area contributed by atoms with Gasteiger partial charge in [-0.05, 0) is 19.3 Å². The fraction of sp³-hybridized carbons (Fsp3) is 0.643. The number of anilines is 1. The second-order valence-electron chi connectivity index (χ2n) is 5.36. The zero-order valence-electron chi connectivity index (χ0n) is 11.8. The van der Waals surface area contributed by atoms with Gasteiger partial charge in [-0.1, -0.05) is 43.9 Å². The summed E-state index contributed by atoms with van der Waals surface area (Å²) in [6.07, 6.45) is 8.76. The highest BCUT2D eigenvalue weighted by atomic mass is 32.1. The van der Waals surface area contributed by atoms with Crippen molar-refractivity contribution >= 4 is 27.8 Å². The molecule has 0 aliphatic heterocycles. The van der Waals surface area contributed by atoms with E-state index in [1.807, 2.05) is 11.3 Å². The minimum absolute atomic E-state index is 0.537. The molecule has 0 radical (unpaired) electrons. The van der Waals surface area contributed by atoms with Gasteiger partial charge >= 0.3 is 0 Å². The van der Waals surface area contributed by atoms with E-state index in [4.69, 9.17) is 10.7 Å². The smallest absolute Gasteiger partial charge is 0.203 e. The van der Waals surface area contributed by atoms with Crippen molar-refractivity contribution in [1.82, 2.24) is 15.2 Å². The number of nitrogen functional groups attached to an aromatic ring is 1. The van der Waals surface area contributed by atoms with Crippen molar-refractivity contribution in [3.8, 4) is 9.88 Å². The molecule has 1 saturated carbocycles. The van der Waals surface area contributed by atoms with E-state index in [0.717, 1.165) is 17.8 Å². The van der Waals surface area contributed by atoms with Gasteiger partial charge in [0.2, 0.25) is 5.13 Å². The lowest BCUT2D eigenvalue weighted by atomic mass is 9.90. The van der Waals surface area contributed by atoms with Crippen molar-refractivity contribution in [3.63, 3.8) is 0 Å². The first-order valence-electron chi connectivity index (χ1n) is 7.37. The Morgan fingerprint density at radius 2 is 1.95 bits per heavy atom. The Morgan fingerprint density at radius 1 is 1.15 bits per heavy atom. The molecule has 1 fully saturated rings. The maximum Gasteiger partial charge on any atom is 0.203 e. The summed E-state index contributed by atoms with van der Waals surface area (Å²) >= 11 is 3.28. The van der Waals surface area contributed by atoms with Crippen LogP contribution in [0.3, 0.4) is 0 Å². The molecule has 6 heteroatoms. The number of rotatable bonds is 4. The monoisotopic (exact) mass is 308 g/mol. The van der Waals surface area contributed by atoms with E-state index in [0.29, 0.717) is 11.0 Å². The highest BCUT2D eigenvalue weighted by Gasteiger charge is 2.23. The number of thiazole rings is 1. The van der Waals surface area contributed by atoms with E-state index in [1.165, 1.54) is 59.0 Å². The predicted octanol–water partition coefficient (Wildman–Crippen LogP) is 4.24. The highest BCUT2D eigenvalue weighted by molar-refractivity contribution is 7.23. The van der Waals surface area contributed by atoms with Crippen molar-refractivity contribution in [3.05, 3.63) is 10.7 Å². The van der Waals surface area contributed by atoms with E-state index in [2.05, 4.69) is 17.1 Å². The Balaban J connectivity index is 1.93. The maximum atomic E-state index is 5.72. The van der Waals surface area contributed by atoms with E-state index >= 15 is 0 Å². The first-order valence-corrected chi connectivity index (χ1v) is 9.00. The molecule has 0 spiro atoms.